The van der Waals surface area contributed by atoms with E-state index in [2.05, 4.69) is 29.0 Å². The van der Waals surface area contributed by atoms with Crippen molar-refractivity contribution < 1.29 is 4.79 Å². The molecule has 1 fully saturated rings. The summed E-state index contributed by atoms with van der Waals surface area (Å²) in [5, 5.41) is 0. The normalized spacial score (nSPS) is 16.9. The van der Waals surface area contributed by atoms with Gasteiger partial charge in [0.05, 0.1) is 5.69 Å². The number of nitrogens with one attached hydrogen (secondary N) is 1. The van der Waals surface area contributed by atoms with Crippen LogP contribution in [-0.4, -0.2) is 32.3 Å². The molecule has 0 spiro atoms. The second-order valence-electron chi connectivity index (χ2n) is 7.10. The predicted molar refractivity (Wildman–Crippen MR) is 105 cm³/mol. The maximum absolute atomic E-state index is 12.5. The number of hydrogen-bond acceptors (Lipinski definition) is 3. The molecule has 0 aliphatic carbocycles. The van der Waals surface area contributed by atoms with Crippen LogP contribution in [0.25, 0.3) is 11.3 Å². The minimum absolute atomic E-state index is 0.118. The molecular formula is C22H24N4O. The highest BCUT2D eigenvalue weighted by Gasteiger charge is 2.33. The lowest BCUT2D eigenvalue weighted by Crippen LogP contribution is -2.24. The summed E-state index contributed by atoms with van der Waals surface area (Å²) in [5.74, 6) is 1.24. The second kappa shape index (κ2) is 7.74. The number of carbonyl (C=O) groups is 1. The Labute approximate surface area is 159 Å². The zero-order valence-corrected chi connectivity index (χ0v) is 15.6. The number of hydrogen-bond donors (Lipinski definition) is 1. The Bertz CT molecular complexity index is 905. The van der Waals surface area contributed by atoms with Crippen LogP contribution >= 0.6 is 0 Å². The van der Waals surface area contributed by atoms with Gasteiger partial charge in [0.25, 0.3) is 0 Å². The highest BCUT2D eigenvalue weighted by atomic mass is 16.2. The summed E-state index contributed by atoms with van der Waals surface area (Å²) in [6.45, 7) is 3.51. The minimum atomic E-state index is 0.118. The van der Waals surface area contributed by atoms with E-state index in [1.54, 1.807) is 12.4 Å². The van der Waals surface area contributed by atoms with E-state index in [-0.39, 0.29) is 11.8 Å². The van der Waals surface area contributed by atoms with Crippen LogP contribution in [-0.2, 0) is 17.8 Å². The summed E-state index contributed by atoms with van der Waals surface area (Å²) >= 11 is 0. The molecule has 0 saturated carbocycles. The number of imidazole rings is 1. The highest BCUT2D eigenvalue weighted by Crippen LogP contribution is 2.31. The molecule has 138 valence electrons. The molecule has 5 nitrogen and oxygen atoms in total. The van der Waals surface area contributed by atoms with Gasteiger partial charge in [-0.3, -0.25) is 9.78 Å². The second-order valence-corrected chi connectivity index (χ2v) is 7.10. The fourth-order valence-corrected chi connectivity index (χ4v) is 3.71. The van der Waals surface area contributed by atoms with Crippen molar-refractivity contribution in [3.05, 3.63) is 71.9 Å². The number of aryl methyl sites for hydroxylation is 1. The summed E-state index contributed by atoms with van der Waals surface area (Å²) in [7, 11) is 0. The number of amides is 1. The first kappa shape index (κ1) is 17.5. The summed E-state index contributed by atoms with van der Waals surface area (Å²) < 4.78 is 0. The number of pyridine rings is 1. The predicted octanol–water partition coefficient (Wildman–Crippen LogP) is 3.94. The van der Waals surface area contributed by atoms with Crippen molar-refractivity contribution in [2.75, 3.05) is 6.54 Å². The molecule has 1 atom stereocenters. The number of benzene rings is 1. The van der Waals surface area contributed by atoms with Gasteiger partial charge < -0.3 is 9.88 Å². The highest BCUT2D eigenvalue weighted by molar-refractivity contribution is 5.79. The molecule has 0 bridgehead atoms. The van der Waals surface area contributed by atoms with Crippen molar-refractivity contribution in [2.45, 2.75) is 38.6 Å². The van der Waals surface area contributed by atoms with Gasteiger partial charge in [0, 0.05) is 49.1 Å². The number of rotatable bonds is 6. The largest absolute Gasteiger partial charge is 0.345 e. The van der Waals surface area contributed by atoms with Crippen molar-refractivity contribution in [1.82, 2.24) is 19.9 Å². The van der Waals surface area contributed by atoms with Crippen LogP contribution in [0.1, 0.15) is 42.8 Å². The van der Waals surface area contributed by atoms with Gasteiger partial charge in [-0.15, -0.1) is 0 Å². The SMILES string of the molecule is CCCc1[nH]c([C@@H]2CC(=O)N(Cc3ccncc3)C2)nc1-c1ccccc1. The van der Waals surface area contributed by atoms with E-state index in [1.807, 2.05) is 35.2 Å². The third-order valence-electron chi connectivity index (χ3n) is 5.07. The molecule has 1 N–H and O–H groups in total. The number of aromatic nitrogens is 3. The Morgan fingerprint density at radius 1 is 1.15 bits per heavy atom. The molecule has 1 aromatic carbocycles. The molecule has 1 aliphatic rings. The lowest BCUT2D eigenvalue weighted by molar-refractivity contribution is -0.128. The lowest BCUT2D eigenvalue weighted by atomic mass is 10.1. The molecule has 4 rings (SSSR count). The Hall–Kier alpha value is -2.95. The number of aromatic amines is 1. The smallest absolute Gasteiger partial charge is 0.223 e. The van der Waals surface area contributed by atoms with Crippen LogP contribution in [0.4, 0.5) is 0 Å². The van der Waals surface area contributed by atoms with Crippen molar-refractivity contribution >= 4 is 5.91 Å². The van der Waals surface area contributed by atoms with Gasteiger partial charge in [0.15, 0.2) is 0 Å². The van der Waals surface area contributed by atoms with Crippen molar-refractivity contribution in [3.8, 4) is 11.3 Å². The van der Waals surface area contributed by atoms with Gasteiger partial charge in [0.1, 0.15) is 5.82 Å². The van der Waals surface area contributed by atoms with Crippen LogP contribution in [0.3, 0.4) is 0 Å². The van der Waals surface area contributed by atoms with Gasteiger partial charge >= 0.3 is 0 Å². The van der Waals surface area contributed by atoms with Crippen molar-refractivity contribution in [1.29, 1.82) is 0 Å². The Morgan fingerprint density at radius 2 is 1.93 bits per heavy atom. The summed E-state index contributed by atoms with van der Waals surface area (Å²) in [6.07, 6.45) is 6.06. The lowest BCUT2D eigenvalue weighted by Gasteiger charge is -2.16. The van der Waals surface area contributed by atoms with E-state index >= 15 is 0 Å². The minimum Gasteiger partial charge on any atom is -0.345 e. The Morgan fingerprint density at radius 3 is 2.67 bits per heavy atom. The van der Waals surface area contributed by atoms with E-state index in [0.717, 1.165) is 35.5 Å². The molecule has 2 aromatic heterocycles. The van der Waals surface area contributed by atoms with Gasteiger partial charge in [-0.2, -0.15) is 0 Å². The first-order valence-electron chi connectivity index (χ1n) is 9.55. The zero-order chi connectivity index (χ0) is 18.6. The van der Waals surface area contributed by atoms with Crippen LogP contribution in [0.2, 0.25) is 0 Å². The summed E-state index contributed by atoms with van der Waals surface area (Å²) in [4.78, 5) is 26.9. The quantitative estimate of drug-likeness (QED) is 0.724. The van der Waals surface area contributed by atoms with Crippen LogP contribution < -0.4 is 0 Å². The van der Waals surface area contributed by atoms with Gasteiger partial charge in [-0.25, -0.2) is 4.98 Å². The van der Waals surface area contributed by atoms with Crippen molar-refractivity contribution in [2.24, 2.45) is 0 Å². The maximum Gasteiger partial charge on any atom is 0.223 e. The molecule has 5 heteroatoms. The third-order valence-corrected chi connectivity index (χ3v) is 5.07. The zero-order valence-electron chi connectivity index (χ0n) is 15.6. The maximum atomic E-state index is 12.5. The standard InChI is InChI=1S/C22H24N4O/c1-2-6-19-21(17-7-4-3-5-8-17)25-22(24-19)18-13-20(27)26(15-18)14-16-9-11-23-12-10-16/h3-5,7-12,18H,2,6,13-15H2,1H3,(H,24,25)/t18-/m1/s1. The average molecular weight is 360 g/mol. The van der Waals surface area contributed by atoms with E-state index in [4.69, 9.17) is 4.98 Å². The van der Waals surface area contributed by atoms with Crippen LogP contribution in [0.15, 0.2) is 54.9 Å². The van der Waals surface area contributed by atoms with Gasteiger partial charge in [0.2, 0.25) is 5.91 Å². The summed E-state index contributed by atoms with van der Waals surface area (Å²) in [6, 6.07) is 14.2. The molecule has 0 radical (unpaired) electrons. The first-order valence-corrected chi connectivity index (χ1v) is 9.55. The molecule has 3 heterocycles. The topological polar surface area (TPSA) is 61.9 Å². The fraction of sp³-hybridized carbons (Fsp3) is 0.318. The third kappa shape index (κ3) is 3.77. The number of nitrogens with zero attached hydrogens (tertiary/aromatic N) is 3. The number of H-pyrrole nitrogens is 1. The molecular weight excluding hydrogens is 336 g/mol. The number of likely N-dealkylation sites (tertiary alicyclic amines) is 1. The Kier molecular flexibility index (Phi) is 5.01. The average Bonchev–Trinajstić information content (AvgIpc) is 3.28. The molecule has 1 saturated heterocycles. The van der Waals surface area contributed by atoms with E-state index in [1.165, 1.54) is 5.69 Å². The number of carbonyl (C=O) groups excluding carboxylic acids is 1. The van der Waals surface area contributed by atoms with Crippen LogP contribution in [0.5, 0.6) is 0 Å². The van der Waals surface area contributed by atoms with Gasteiger partial charge in [-0.05, 0) is 24.1 Å². The molecule has 1 amide bonds. The van der Waals surface area contributed by atoms with E-state index in [9.17, 15) is 4.79 Å². The summed E-state index contributed by atoms with van der Waals surface area (Å²) in [5.41, 5.74) is 4.42. The van der Waals surface area contributed by atoms with Crippen LogP contribution in [0, 0.1) is 0 Å². The van der Waals surface area contributed by atoms with Gasteiger partial charge in [-0.1, -0.05) is 43.7 Å². The van der Waals surface area contributed by atoms with E-state index in [0.29, 0.717) is 19.5 Å². The van der Waals surface area contributed by atoms with E-state index < -0.39 is 0 Å². The molecule has 27 heavy (non-hydrogen) atoms. The monoisotopic (exact) mass is 360 g/mol. The Balaban J connectivity index is 1.56. The fourth-order valence-electron chi connectivity index (χ4n) is 3.71. The molecule has 3 aromatic rings. The molecule has 1 aliphatic heterocycles. The van der Waals surface area contributed by atoms with Crippen molar-refractivity contribution in [3.63, 3.8) is 0 Å². The molecule has 0 unspecified atom stereocenters. The first-order chi connectivity index (χ1) is 13.2.